The van der Waals surface area contributed by atoms with Crippen LogP contribution < -0.4 is 0 Å². The zero-order chi connectivity index (χ0) is 23.1. The smallest absolute Gasteiger partial charge is 0.00392 e. The molecule has 0 heteroatoms. The van der Waals surface area contributed by atoms with Crippen molar-refractivity contribution in [3.63, 3.8) is 0 Å². The van der Waals surface area contributed by atoms with Gasteiger partial charge in [0.25, 0.3) is 0 Å². The number of hydrogen-bond acceptors (Lipinski definition) is 0. The van der Waals surface area contributed by atoms with Gasteiger partial charge in [-0.3, -0.25) is 0 Å². The maximum atomic E-state index is 4.35. The summed E-state index contributed by atoms with van der Waals surface area (Å²) < 4.78 is 0. The van der Waals surface area contributed by atoms with Gasteiger partial charge in [0.2, 0.25) is 0 Å². The Morgan fingerprint density at radius 2 is 1.67 bits per heavy atom. The summed E-state index contributed by atoms with van der Waals surface area (Å²) in [5.41, 5.74) is 14.7. The topological polar surface area (TPSA) is 0 Å². The van der Waals surface area contributed by atoms with E-state index in [2.05, 4.69) is 70.3 Å². The molecule has 5 rings (SSSR count). The van der Waals surface area contributed by atoms with Crippen LogP contribution in [0.25, 0.3) is 17.2 Å². The lowest BCUT2D eigenvalue weighted by Gasteiger charge is -2.30. The first-order valence-corrected chi connectivity index (χ1v) is 13.2. The maximum absolute atomic E-state index is 4.35. The van der Waals surface area contributed by atoms with Crippen LogP contribution in [0.1, 0.15) is 79.7 Å². The lowest BCUT2D eigenvalue weighted by molar-refractivity contribution is 0.254. The van der Waals surface area contributed by atoms with Gasteiger partial charge in [-0.15, -0.1) is 0 Å². The Morgan fingerprint density at radius 3 is 2.42 bits per heavy atom. The maximum Gasteiger partial charge on any atom is 0.00392 e. The average Bonchev–Trinajstić information content (AvgIpc) is 3.34. The van der Waals surface area contributed by atoms with Gasteiger partial charge in [0.05, 0.1) is 0 Å². The largest absolute Gasteiger partial charge is 0.0992 e. The van der Waals surface area contributed by atoms with Gasteiger partial charge in [-0.1, -0.05) is 98.0 Å². The molecule has 0 spiro atoms. The summed E-state index contributed by atoms with van der Waals surface area (Å²) in [5.74, 6) is 2.15. The van der Waals surface area contributed by atoms with Crippen LogP contribution in [0.4, 0.5) is 0 Å². The zero-order valence-corrected chi connectivity index (χ0v) is 21.0. The van der Waals surface area contributed by atoms with Crippen LogP contribution in [0, 0.1) is 31.6 Å². The number of benzene rings is 2. The van der Waals surface area contributed by atoms with Crippen LogP contribution in [0.5, 0.6) is 0 Å². The molecule has 0 saturated heterocycles. The Morgan fingerprint density at radius 1 is 0.909 bits per heavy atom. The SMILES string of the molecule is C=C1CCC(=C)C1CC1=Cc2cccc(-c3cc(C)cc(C)c3CC3CCCC[C@@H]3C)c2C1. The van der Waals surface area contributed by atoms with Crippen molar-refractivity contribution in [2.75, 3.05) is 0 Å². The summed E-state index contributed by atoms with van der Waals surface area (Å²) in [7, 11) is 0. The van der Waals surface area contributed by atoms with Gasteiger partial charge >= 0.3 is 0 Å². The number of aryl methyl sites for hydroxylation is 2. The Balaban J connectivity index is 1.47. The van der Waals surface area contributed by atoms with Gasteiger partial charge in [-0.25, -0.2) is 0 Å². The van der Waals surface area contributed by atoms with Crippen LogP contribution in [0.2, 0.25) is 0 Å². The van der Waals surface area contributed by atoms with Crippen molar-refractivity contribution in [2.24, 2.45) is 17.8 Å². The number of rotatable bonds is 5. The molecule has 0 heterocycles. The molecule has 0 bridgehead atoms. The fourth-order valence-corrected chi connectivity index (χ4v) is 6.80. The predicted octanol–water partition coefficient (Wildman–Crippen LogP) is 9.19. The lowest BCUT2D eigenvalue weighted by Crippen LogP contribution is -2.19. The first-order valence-electron chi connectivity index (χ1n) is 13.2. The number of hydrogen-bond donors (Lipinski definition) is 0. The molecule has 3 aliphatic carbocycles. The predicted molar refractivity (Wildman–Crippen MR) is 143 cm³/mol. The van der Waals surface area contributed by atoms with Crippen molar-refractivity contribution in [3.05, 3.63) is 88.0 Å². The molecule has 33 heavy (non-hydrogen) atoms. The molecule has 172 valence electrons. The van der Waals surface area contributed by atoms with Gasteiger partial charge < -0.3 is 0 Å². The van der Waals surface area contributed by atoms with Crippen molar-refractivity contribution in [3.8, 4) is 11.1 Å². The molecular formula is C33H40. The van der Waals surface area contributed by atoms with E-state index in [1.54, 1.807) is 11.1 Å². The van der Waals surface area contributed by atoms with Crippen LogP contribution in [-0.4, -0.2) is 0 Å². The molecule has 0 aromatic heterocycles. The average molecular weight is 437 g/mol. The standard InChI is InChI=1S/C33H40/c1-21-15-25(5)31(20-27-10-7-6-9-22(27)2)33(16-21)29-12-8-11-28-17-26(19-32(28)29)18-30-23(3)13-14-24(30)4/h8,11-12,15-17,22,27,30H,3-4,6-7,9-10,13-14,18-20H2,1-2,5H3/t22-,27?/m0/s1. The second kappa shape index (κ2) is 9.13. The minimum atomic E-state index is 0.485. The van der Waals surface area contributed by atoms with Gasteiger partial charge in [0.15, 0.2) is 0 Å². The molecule has 0 N–H and O–H groups in total. The number of allylic oxidation sites excluding steroid dienone is 3. The molecule has 2 saturated carbocycles. The van der Waals surface area contributed by atoms with E-state index in [1.807, 2.05) is 0 Å². The molecule has 2 atom stereocenters. The number of fused-ring (bicyclic) bond motifs is 1. The van der Waals surface area contributed by atoms with Crippen molar-refractivity contribution >= 4 is 6.08 Å². The van der Waals surface area contributed by atoms with Gasteiger partial charge in [0, 0.05) is 5.92 Å². The summed E-state index contributed by atoms with van der Waals surface area (Å²) in [6.07, 6.45) is 13.7. The summed E-state index contributed by atoms with van der Waals surface area (Å²) in [6.45, 7) is 15.8. The Hall–Kier alpha value is -2.34. The fourth-order valence-electron chi connectivity index (χ4n) is 6.80. The molecule has 3 aliphatic rings. The quantitative estimate of drug-likeness (QED) is 0.410. The molecule has 0 aliphatic heterocycles. The Kier molecular flexibility index (Phi) is 6.21. The molecular weight excluding hydrogens is 396 g/mol. The molecule has 0 nitrogen and oxygen atoms in total. The molecule has 0 amide bonds. The minimum absolute atomic E-state index is 0.485. The van der Waals surface area contributed by atoms with Crippen molar-refractivity contribution in [1.29, 1.82) is 0 Å². The highest BCUT2D eigenvalue weighted by Crippen LogP contribution is 2.44. The van der Waals surface area contributed by atoms with E-state index in [0.29, 0.717) is 5.92 Å². The van der Waals surface area contributed by atoms with Gasteiger partial charge in [-0.05, 0) is 97.6 Å². The summed E-state index contributed by atoms with van der Waals surface area (Å²) >= 11 is 0. The summed E-state index contributed by atoms with van der Waals surface area (Å²) in [5, 5.41) is 0. The molecule has 2 aromatic carbocycles. The Bertz CT molecular complexity index is 1110. The van der Waals surface area contributed by atoms with Crippen molar-refractivity contribution in [2.45, 2.75) is 78.6 Å². The lowest BCUT2D eigenvalue weighted by atomic mass is 9.75. The van der Waals surface area contributed by atoms with E-state index in [0.717, 1.165) is 37.5 Å². The van der Waals surface area contributed by atoms with E-state index in [9.17, 15) is 0 Å². The third kappa shape index (κ3) is 4.42. The second-order valence-electron chi connectivity index (χ2n) is 11.3. The van der Waals surface area contributed by atoms with Crippen LogP contribution in [0.3, 0.4) is 0 Å². The zero-order valence-electron chi connectivity index (χ0n) is 21.0. The third-order valence-electron chi connectivity index (χ3n) is 8.86. The molecule has 1 unspecified atom stereocenters. The van der Waals surface area contributed by atoms with Gasteiger partial charge in [-0.2, -0.15) is 0 Å². The highest BCUT2D eigenvalue weighted by Gasteiger charge is 2.28. The first kappa shape index (κ1) is 22.5. The molecule has 2 fully saturated rings. The normalized spacial score (nSPS) is 23.2. The van der Waals surface area contributed by atoms with Crippen molar-refractivity contribution < 1.29 is 0 Å². The summed E-state index contributed by atoms with van der Waals surface area (Å²) in [6, 6.07) is 11.8. The highest BCUT2D eigenvalue weighted by molar-refractivity contribution is 5.80. The van der Waals surface area contributed by atoms with Crippen molar-refractivity contribution in [1.82, 2.24) is 0 Å². The van der Waals surface area contributed by atoms with E-state index in [-0.39, 0.29) is 0 Å². The van der Waals surface area contributed by atoms with Crippen LogP contribution >= 0.6 is 0 Å². The van der Waals surface area contributed by atoms with E-state index < -0.39 is 0 Å². The van der Waals surface area contributed by atoms with E-state index >= 15 is 0 Å². The van der Waals surface area contributed by atoms with E-state index in [4.69, 9.17) is 0 Å². The summed E-state index contributed by atoms with van der Waals surface area (Å²) in [4.78, 5) is 0. The molecule has 0 radical (unpaired) electrons. The van der Waals surface area contributed by atoms with Crippen LogP contribution in [-0.2, 0) is 12.8 Å². The van der Waals surface area contributed by atoms with Gasteiger partial charge in [0.1, 0.15) is 0 Å². The monoisotopic (exact) mass is 436 g/mol. The highest BCUT2D eigenvalue weighted by atomic mass is 14.3. The second-order valence-corrected chi connectivity index (χ2v) is 11.3. The van der Waals surface area contributed by atoms with E-state index in [1.165, 1.54) is 76.6 Å². The fraction of sp³-hybridized carbons (Fsp3) is 0.455. The minimum Gasteiger partial charge on any atom is -0.0992 e. The Labute approximate surface area is 201 Å². The molecule has 2 aromatic rings. The third-order valence-corrected chi connectivity index (χ3v) is 8.86. The first-order chi connectivity index (χ1) is 15.9. The van der Waals surface area contributed by atoms with Crippen LogP contribution in [0.15, 0.2) is 60.2 Å².